The van der Waals surface area contributed by atoms with Crippen LogP contribution < -0.4 is 5.32 Å². The quantitative estimate of drug-likeness (QED) is 0.474. The summed E-state index contributed by atoms with van der Waals surface area (Å²) in [6, 6.07) is 12.3. The van der Waals surface area contributed by atoms with Gasteiger partial charge in [-0.25, -0.2) is 14.4 Å². The Morgan fingerprint density at radius 2 is 1.73 bits per heavy atom. The van der Waals surface area contributed by atoms with E-state index in [1.165, 1.54) is 24.3 Å². The number of hydrogen-bond acceptors (Lipinski definition) is 3. The summed E-state index contributed by atoms with van der Waals surface area (Å²) in [7, 11) is 0. The molecule has 1 heterocycles. The molecule has 0 aliphatic rings. The van der Waals surface area contributed by atoms with Crippen LogP contribution in [0, 0.1) is 5.82 Å². The van der Waals surface area contributed by atoms with E-state index in [-0.39, 0.29) is 34.7 Å². The van der Waals surface area contributed by atoms with Crippen LogP contribution in [0.25, 0.3) is 11.4 Å². The smallest absolute Gasteiger partial charge is 0.366 e. The number of benzene rings is 2. The van der Waals surface area contributed by atoms with Crippen molar-refractivity contribution in [2.24, 2.45) is 0 Å². The van der Waals surface area contributed by atoms with Crippen molar-refractivity contribution in [2.45, 2.75) is 12.7 Å². The van der Waals surface area contributed by atoms with Gasteiger partial charge < -0.3 is 5.32 Å². The highest BCUT2D eigenvalue weighted by atomic mass is 35.5. The van der Waals surface area contributed by atoms with Gasteiger partial charge in [0.25, 0.3) is 0 Å². The van der Waals surface area contributed by atoms with E-state index in [1.54, 1.807) is 18.2 Å². The molecular formula is C18H12ClF4N3. The number of aromatic nitrogens is 2. The molecule has 0 atom stereocenters. The van der Waals surface area contributed by atoms with Crippen LogP contribution in [0.3, 0.4) is 0 Å². The first-order chi connectivity index (χ1) is 12.3. The van der Waals surface area contributed by atoms with Crippen LogP contribution in [-0.4, -0.2) is 9.97 Å². The number of rotatable bonds is 4. The zero-order valence-electron chi connectivity index (χ0n) is 13.2. The zero-order chi connectivity index (χ0) is 18.7. The summed E-state index contributed by atoms with van der Waals surface area (Å²) in [4.78, 5) is 8.15. The van der Waals surface area contributed by atoms with Gasteiger partial charge in [-0.3, -0.25) is 0 Å². The van der Waals surface area contributed by atoms with Gasteiger partial charge in [0, 0.05) is 23.7 Å². The summed E-state index contributed by atoms with van der Waals surface area (Å²) in [6.07, 6.45) is -4.47. The van der Waals surface area contributed by atoms with Gasteiger partial charge in [0.1, 0.15) is 16.8 Å². The van der Waals surface area contributed by atoms with Crippen molar-refractivity contribution in [3.8, 4) is 11.4 Å². The van der Waals surface area contributed by atoms with Gasteiger partial charge >= 0.3 is 6.18 Å². The highest BCUT2D eigenvalue weighted by Crippen LogP contribution is 2.32. The molecule has 8 heteroatoms. The van der Waals surface area contributed by atoms with E-state index < -0.39 is 11.7 Å². The molecule has 0 spiro atoms. The number of halogens is 5. The average molecular weight is 382 g/mol. The number of hydrogen-bond donors (Lipinski definition) is 1. The Morgan fingerprint density at radius 3 is 2.46 bits per heavy atom. The van der Waals surface area contributed by atoms with Gasteiger partial charge in [-0.2, -0.15) is 13.2 Å². The fraction of sp³-hybridized carbons (Fsp3) is 0.111. The molecule has 134 valence electrons. The van der Waals surface area contributed by atoms with Crippen molar-refractivity contribution in [1.82, 2.24) is 9.97 Å². The number of nitrogens with one attached hydrogen (secondary N) is 1. The highest BCUT2D eigenvalue weighted by molar-refractivity contribution is 6.29. The van der Waals surface area contributed by atoms with Gasteiger partial charge in [0.15, 0.2) is 5.82 Å². The van der Waals surface area contributed by atoms with Crippen LogP contribution in [0.5, 0.6) is 0 Å². The van der Waals surface area contributed by atoms with Crippen molar-refractivity contribution < 1.29 is 17.6 Å². The summed E-state index contributed by atoms with van der Waals surface area (Å²) in [6.45, 7) is 0.141. The van der Waals surface area contributed by atoms with Gasteiger partial charge in [0.05, 0.1) is 5.56 Å². The van der Waals surface area contributed by atoms with Gasteiger partial charge in [-0.15, -0.1) is 0 Å². The molecule has 0 unspecified atom stereocenters. The van der Waals surface area contributed by atoms with E-state index in [0.717, 1.165) is 12.1 Å². The maximum Gasteiger partial charge on any atom is 0.416 e. The number of nitrogens with zero attached hydrogens (tertiary/aromatic N) is 2. The Morgan fingerprint density at radius 1 is 0.962 bits per heavy atom. The molecule has 0 aliphatic heterocycles. The molecule has 1 aromatic heterocycles. The molecule has 0 saturated heterocycles. The third-order valence-electron chi connectivity index (χ3n) is 3.56. The summed E-state index contributed by atoms with van der Waals surface area (Å²) in [5.41, 5.74) is -0.210. The van der Waals surface area contributed by atoms with Gasteiger partial charge in [0.2, 0.25) is 0 Å². The topological polar surface area (TPSA) is 37.8 Å². The van der Waals surface area contributed by atoms with E-state index in [9.17, 15) is 17.6 Å². The minimum Gasteiger partial charge on any atom is -0.366 e. The van der Waals surface area contributed by atoms with Gasteiger partial charge in [-0.1, -0.05) is 41.9 Å². The van der Waals surface area contributed by atoms with Gasteiger partial charge in [-0.05, 0) is 18.2 Å². The van der Waals surface area contributed by atoms with Crippen molar-refractivity contribution >= 4 is 17.4 Å². The second-order valence-electron chi connectivity index (χ2n) is 5.42. The molecule has 3 rings (SSSR count). The zero-order valence-corrected chi connectivity index (χ0v) is 13.9. The Bertz CT molecular complexity index is 928. The fourth-order valence-electron chi connectivity index (χ4n) is 2.30. The molecule has 0 amide bonds. The molecule has 0 radical (unpaired) electrons. The van der Waals surface area contributed by atoms with Crippen LogP contribution in [0.4, 0.5) is 23.4 Å². The first kappa shape index (κ1) is 18.1. The minimum atomic E-state index is -4.47. The lowest BCUT2D eigenvalue weighted by Crippen LogP contribution is -2.06. The van der Waals surface area contributed by atoms with Crippen LogP contribution in [0.2, 0.25) is 5.15 Å². The SMILES string of the molecule is Fc1ccccc1CNc1cc(Cl)nc(-c2cccc(C(F)(F)F)c2)n1. The average Bonchev–Trinajstić information content (AvgIpc) is 2.60. The number of anilines is 1. The summed E-state index contributed by atoms with van der Waals surface area (Å²) in [5.74, 6) is -0.0569. The summed E-state index contributed by atoms with van der Waals surface area (Å²) >= 11 is 5.96. The molecule has 3 nitrogen and oxygen atoms in total. The number of alkyl halides is 3. The van der Waals surface area contributed by atoms with E-state index in [0.29, 0.717) is 5.56 Å². The third-order valence-corrected chi connectivity index (χ3v) is 3.75. The molecule has 0 aliphatic carbocycles. The standard InChI is InChI=1S/C18H12ClF4N3/c19-15-9-16(24-10-12-4-1-2-7-14(12)20)26-17(25-15)11-5-3-6-13(8-11)18(21,22)23/h1-9H,10H2,(H,24,25,26). The molecule has 2 aromatic carbocycles. The first-order valence-electron chi connectivity index (χ1n) is 7.52. The summed E-state index contributed by atoms with van der Waals surface area (Å²) < 4.78 is 52.3. The Balaban J connectivity index is 1.87. The molecule has 26 heavy (non-hydrogen) atoms. The van der Waals surface area contributed by atoms with E-state index >= 15 is 0 Å². The lowest BCUT2D eigenvalue weighted by atomic mass is 10.1. The van der Waals surface area contributed by atoms with Crippen LogP contribution in [-0.2, 0) is 12.7 Å². The largest absolute Gasteiger partial charge is 0.416 e. The van der Waals surface area contributed by atoms with Crippen molar-refractivity contribution in [3.05, 3.63) is 76.7 Å². The molecule has 0 saturated carbocycles. The fourth-order valence-corrected chi connectivity index (χ4v) is 2.48. The van der Waals surface area contributed by atoms with Crippen molar-refractivity contribution in [3.63, 3.8) is 0 Å². The predicted octanol–water partition coefficient (Wildman–Crippen LogP) is 5.57. The minimum absolute atomic E-state index is 0.0413. The van der Waals surface area contributed by atoms with E-state index in [4.69, 9.17) is 11.6 Å². The van der Waals surface area contributed by atoms with Crippen molar-refractivity contribution in [1.29, 1.82) is 0 Å². The van der Waals surface area contributed by atoms with Crippen LogP contribution in [0.15, 0.2) is 54.6 Å². The van der Waals surface area contributed by atoms with E-state index in [2.05, 4.69) is 15.3 Å². The normalized spacial score (nSPS) is 11.4. The lowest BCUT2D eigenvalue weighted by Gasteiger charge is -2.10. The maximum atomic E-state index is 13.7. The Kier molecular flexibility index (Phi) is 5.08. The Labute approximate surface area is 151 Å². The monoisotopic (exact) mass is 381 g/mol. The summed E-state index contributed by atoms with van der Waals surface area (Å²) in [5, 5.41) is 2.96. The first-order valence-corrected chi connectivity index (χ1v) is 7.90. The van der Waals surface area contributed by atoms with Crippen molar-refractivity contribution in [2.75, 3.05) is 5.32 Å². The molecule has 0 bridgehead atoms. The van der Waals surface area contributed by atoms with Crippen LogP contribution in [0.1, 0.15) is 11.1 Å². The predicted molar refractivity (Wildman–Crippen MR) is 91.2 cm³/mol. The molecule has 3 aromatic rings. The van der Waals surface area contributed by atoms with E-state index in [1.807, 2.05) is 0 Å². The Hall–Kier alpha value is -2.67. The van der Waals surface area contributed by atoms with Crippen LogP contribution >= 0.6 is 11.6 Å². The second kappa shape index (κ2) is 7.29. The molecular weight excluding hydrogens is 370 g/mol. The third kappa shape index (κ3) is 4.29. The molecule has 0 fully saturated rings. The lowest BCUT2D eigenvalue weighted by molar-refractivity contribution is -0.137. The second-order valence-corrected chi connectivity index (χ2v) is 5.81. The molecule has 1 N–H and O–H groups in total. The highest BCUT2D eigenvalue weighted by Gasteiger charge is 2.30. The maximum absolute atomic E-state index is 13.7.